The Kier molecular flexibility index (Phi) is 4.19. The fraction of sp³-hybridized carbons (Fsp3) is 0.188. The van der Waals surface area contributed by atoms with Crippen LogP contribution in [-0.2, 0) is 0 Å². The highest BCUT2D eigenvalue weighted by atomic mass is 16.6. The maximum Gasteiger partial charge on any atom is 0.312 e. The molecule has 0 aliphatic carbocycles. The van der Waals surface area contributed by atoms with Crippen molar-refractivity contribution < 1.29 is 9.66 Å². The molecular weight excluding hydrogens is 268 g/mol. The van der Waals surface area contributed by atoms with Crippen LogP contribution in [0.1, 0.15) is 30.9 Å². The predicted molar refractivity (Wildman–Crippen MR) is 78.4 cm³/mol. The summed E-state index contributed by atoms with van der Waals surface area (Å²) in [7, 11) is 0. The van der Waals surface area contributed by atoms with E-state index in [9.17, 15) is 10.1 Å². The third-order valence-electron chi connectivity index (χ3n) is 3.04. The summed E-state index contributed by atoms with van der Waals surface area (Å²) in [6.45, 7) is 4.12. The molecule has 0 atom stereocenters. The fourth-order valence-electron chi connectivity index (χ4n) is 1.88. The highest BCUT2D eigenvalue weighted by Crippen LogP contribution is 2.33. The van der Waals surface area contributed by atoms with Crippen LogP contribution in [0.15, 0.2) is 42.5 Å². The van der Waals surface area contributed by atoms with E-state index in [0.717, 1.165) is 5.56 Å². The van der Waals surface area contributed by atoms with Crippen molar-refractivity contribution in [1.29, 1.82) is 5.26 Å². The molecule has 0 N–H and O–H groups in total. The van der Waals surface area contributed by atoms with E-state index in [-0.39, 0.29) is 17.0 Å². The van der Waals surface area contributed by atoms with Crippen LogP contribution in [0, 0.1) is 21.4 Å². The van der Waals surface area contributed by atoms with Gasteiger partial charge in [0.1, 0.15) is 5.75 Å². The van der Waals surface area contributed by atoms with Crippen LogP contribution < -0.4 is 4.74 Å². The number of ether oxygens (including phenoxy) is 1. The summed E-state index contributed by atoms with van der Waals surface area (Å²) in [5.41, 5.74) is 1.10. The Bertz CT molecular complexity index is 718. The summed E-state index contributed by atoms with van der Waals surface area (Å²) < 4.78 is 5.61. The Balaban J connectivity index is 2.38. The molecule has 21 heavy (non-hydrogen) atoms. The van der Waals surface area contributed by atoms with Gasteiger partial charge in [-0.2, -0.15) is 5.26 Å². The SMILES string of the molecule is CC(C)c1cccc(Oc2ccc(C#N)cc2[N+](=O)[O-])c1. The Hall–Kier alpha value is -2.87. The molecule has 5 nitrogen and oxygen atoms in total. The van der Waals surface area contributed by atoms with E-state index in [2.05, 4.69) is 13.8 Å². The van der Waals surface area contributed by atoms with E-state index >= 15 is 0 Å². The highest BCUT2D eigenvalue weighted by Gasteiger charge is 2.17. The molecule has 0 unspecified atom stereocenters. The molecule has 0 bridgehead atoms. The summed E-state index contributed by atoms with van der Waals surface area (Å²) in [6.07, 6.45) is 0. The highest BCUT2D eigenvalue weighted by molar-refractivity contribution is 5.53. The smallest absolute Gasteiger partial charge is 0.312 e. The van der Waals surface area contributed by atoms with Gasteiger partial charge in [0.15, 0.2) is 0 Å². The summed E-state index contributed by atoms with van der Waals surface area (Å²) in [5.74, 6) is 0.999. The average molecular weight is 282 g/mol. The van der Waals surface area contributed by atoms with Crippen molar-refractivity contribution in [2.75, 3.05) is 0 Å². The van der Waals surface area contributed by atoms with Gasteiger partial charge in [0.25, 0.3) is 0 Å². The van der Waals surface area contributed by atoms with Crippen LogP contribution in [0.2, 0.25) is 0 Å². The Morgan fingerprint density at radius 1 is 1.24 bits per heavy atom. The van der Waals surface area contributed by atoms with Crippen molar-refractivity contribution in [3.8, 4) is 17.6 Å². The minimum atomic E-state index is -0.553. The van der Waals surface area contributed by atoms with E-state index in [1.165, 1.54) is 18.2 Å². The minimum Gasteiger partial charge on any atom is -0.450 e. The maximum absolute atomic E-state index is 11.1. The quantitative estimate of drug-likeness (QED) is 0.615. The van der Waals surface area contributed by atoms with Gasteiger partial charge in [-0.25, -0.2) is 0 Å². The lowest BCUT2D eigenvalue weighted by Gasteiger charge is -2.10. The van der Waals surface area contributed by atoms with Gasteiger partial charge in [0.05, 0.1) is 16.6 Å². The molecule has 0 aromatic heterocycles. The lowest BCUT2D eigenvalue weighted by molar-refractivity contribution is -0.385. The number of nitro groups is 1. The lowest BCUT2D eigenvalue weighted by Crippen LogP contribution is -1.95. The molecule has 0 aliphatic rings. The van der Waals surface area contributed by atoms with Gasteiger partial charge >= 0.3 is 5.69 Å². The zero-order valence-electron chi connectivity index (χ0n) is 11.7. The van der Waals surface area contributed by atoms with Crippen molar-refractivity contribution in [2.45, 2.75) is 19.8 Å². The third-order valence-corrected chi connectivity index (χ3v) is 3.04. The molecule has 0 radical (unpaired) electrons. The van der Waals surface area contributed by atoms with Crippen molar-refractivity contribution in [3.63, 3.8) is 0 Å². The Morgan fingerprint density at radius 2 is 2.00 bits per heavy atom. The van der Waals surface area contributed by atoms with Crippen molar-refractivity contribution in [3.05, 3.63) is 63.7 Å². The molecule has 0 amide bonds. The van der Waals surface area contributed by atoms with Crippen LogP contribution in [0.3, 0.4) is 0 Å². The van der Waals surface area contributed by atoms with E-state index in [1.54, 1.807) is 6.07 Å². The number of nitrogens with zero attached hydrogens (tertiary/aromatic N) is 2. The van der Waals surface area contributed by atoms with E-state index in [0.29, 0.717) is 11.7 Å². The first kappa shape index (κ1) is 14.5. The van der Waals surface area contributed by atoms with Gasteiger partial charge in [-0.3, -0.25) is 10.1 Å². The fourth-order valence-corrected chi connectivity index (χ4v) is 1.88. The largest absolute Gasteiger partial charge is 0.450 e. The molecule has 0 fully saturated rings. The second-order valence-electron chi connectivity index (χ2n) is 4.88. The van der Waals surface area contributed by atoms with Crippen molar-refractivity contribution >= 4 is 5.69 Å². The molecule has 106 valence electrons. The van der Waals surface area contributed by atoms with Gasteiger partial charge in [0, 0.05) is 6.07 Å². The third kappa shape index (κ3) is 3.37. The number of nitriles is 1. The van der Waals surface area contributed by atoms with E-state index < -0.39 is 4.92 Å². The van der Waals surface area contributed by atoms with Crippen LogP contribution in [-0.4, -0.2) is 4.92 Å². The Morgan fingerprint density at radius 3 is 2.62 bits per heavy atom. The molecular formula is C16H14N2O3. The molecule has 0 saturated heterocycles. The maximum atomic E-state index is 11.1. The van der Waals surface area contributed by atoms with Gasteiger partial charge in [-0.15, -0.1) is 0 Å². The summed E-state index contributed by atoms with van der Waals surface area (Å²) >= 11 is 0. The van der Waals surface area contributed by atoms with Gasteiger partial charge in [-0.1, -0.05) is 26.0 Å². The molecule has 0 saturated carbocycles. The first-order chi connectivity index (χ1) is 10.0. The van der Waals surface area contributed by atoms with Gasteiger partial charge in [-0.05, 0) is 35.7 Å². The number of hydrogen-bond acceptors (Lipinski definition) is 4. The van der Waals surface area contributed by atoms with E-state index in [4.69, 9.17) is 10.00 Å². The summed E-state index contributed by atoms with van der Waals surface area (Å²) in [6, 6.07) is 13.4. The number of rotatable bonds is 4. The molecule has 0 aliphatic heterocycles. The van der Waals surface area contributed by atoms with Gasteiger partial charge < -0.3 is 4.74 Å². The second kappa shape index (κ2) is 6.06. The molecule has 2 aromatic carbocycles. The molecule has 0 heterocycles. The topological polar surface area (TPSA) is 76.2 Å². The minimum absolute atomic E-state index is 0.125. The summed E-state index contributed by atoms with van der Waals surface area (Å²) in [5, 5.41) is 19.9. The van der Waals surface area contributed by atoms with Crippen LogP contribution in [0.5, 0.6) is 11.5 Å². The number of hydrogen-bond donors (Lipinski definition) is 0. The number of benzene rings is 2. The predicted octanol–water partition coefficient (Wildman–Crippen LogP) is 4.38. The van der Waals surface area contributed by atoms with Crippen molar-refractivity contribution in [2.24, 2.45) is 0 Å². The monoisotopic (exact) mass is 282 g/mol. The standard InChI is InChI=1S/C16H14N2O3/c1-11(2)13-4-3-5-14(9-13)21-16-7-6-12(10-17)8-15(16)18(19)20/h3-9,11H,1-2H3. The first-order valence-electron chi connectivity index (χ1n) is 6.47. The molecule has 5 heteroatoms. The lowest BCUT2D eigenvalue weighted by atomic mass is 10.0. The normalized spacial score (nSPS) is 10.2. The summed E-state index contributed by atoms with van der Waals surface area (Å²) in [4.78, 5) is 10.5. The Labute approximate surface area is 122 Å². The first-order valence-corrected chi connectivity index (χ1v) is 6.47. The number of nitro benzene ring substituents is 1. The second-order valence-corrected chi connectivity index (χ2v) is 4.88. The van der Waals surface area contributed by atoms with E-state index in [1.807, 2.05) is 24.3 Å². The van der Waals surface area contributed by atoms with Gasteiger partial charge in [0.2, 0.25) is 5.75 Å². The molecule has 2 aromatic rings. The molecule has 0 spiro atoms. The molecule has 2 rings (SSSR count). The zero-order valence-corrected chi connectivity index (χ0v) is 11.7. The van der Waals surface area contributed by atoms with Crippen molar-refractivity contribution in [1.82, 2.24) is 0 Å². The van der Waals surface area contributed by atoms with Crippen LogP contribution in [0.4, 0.5) is 5.69 Å². The van der Waals surface area contributed by atoms with Crippen LogP contribution in [0.25, 0.3) is 0 Å². The average Bonchev–Trinajstić information content (AvgIpc) is 2.47. The zero-order chi connectivity index (χ0) is 15.4. The van der Waals surface area contributed by atoms with Crippen LogP contribution >= 0.6 is 0 Å².